The highest BCUT2D eigenvalue weighted by molar-refractivity contribution is 5.79. The number of carboxylic acids is 3. The predicted octanol–water partition coefficient (Wildman–Crippen LogP) is 1.94. The molecular formula is C14H24O7. The third-order valence-corrected chi connectivity index (χ3v) is 1.29. The van der Waals surface area contributed by atoms with Crippen molar-refractivity contribution in [1.82, 2.24) is 0 Å². The molecule has 0 aliphatic rings. The molecule has 7 nitrogen and oxygen atoms in total. The highest BCUT2D eigenvalue weighted by Gasteiger charge is 1.76. The van der Waals surface area contributed by atoms with Crippen LogP contribution in [0, 0.1) is 0 Å². The Balaban J connectivity index is -0.0000000921. The van der Waals surface area contributed by atoms with Gasteiger partial charge in [-0.1, -0.05) is 39.5 Å². The van der Waals surface area contributed by atoms with Crippen LogP contribution in [0.5, 0.6) is 0 Å². The molecular weight excluding hydrogens is 280 g/mol. The van der Waals surface area contributed by atoms with Gasteiger partial charge in [0.15, 0.2) is 0 Å². The second kappa shape index (κ2) is 26.2. The summed E-state index contributed by atoms with van der Waals surface area (Å²) in [5.41, 5.74) is 0. The first-order valence-electron chi connectivity index (χ1n) is 5.90. The van der Waals surface area contributed by atoms with E-state index in [1.165, 1.54) is 6.42 Å². The zero-order valence-electron chi connectivity index (χ0n) is 12.2. The first-order valence-corrected chi connectivity index (χ1v) is 5.90. The van der Waals surface area contributed by atoms with Gasteiger partial charge in [0.2, 0.25) is 0 Å². The number of rotatable bonds is 6. The molecule has 0 fully saturated rings. The molecule has 0 aromatic carbocycles. The van der Waals surface area contributed by atoms with Gasteiger partial charge >= 0.3 is 17.9 Å². The van der Waals surface area contributed by atoms with Crippen LogP contribution in [0.25, 0.3) is 0 Å². The average Bonchev–Trinajstić information content (AvgIpc) is 2.46. The van der Waals surface area contributed by atoms with E-state index < -0.39 is 17.9 Å². The van der Waals surface area contributed by atoms with Gasteiger partial charge in [-0.05, 0) is 6.42 Å². The Morgan fingerprint density at radius 1 is 0.810 bits per heavy atom. The van der Waals surface area contributed by atoms with Gasteiger partial charge in [-0.15, -0.1) is 0 Å². The maximum Gasteiger partial charge on any atom is 0.327 e. The molecule has 0 bridgehead atoms. The van der Waals surface area contributed by atoms with Crippen molar-refractivity contribution in [3.63, 3.8) is 0 Å². The molecule has 21 heavy (non-hydrogen) atoms. The zero-order chi connectivity index (χ0) is 17.7. The van der Waals surface area contributed by atoms with Gasteiger partial charge in [-0.25, -0.2) is 14.4 Å². The van der Waals surface area contributed by atoms with E-state index in [1.807, 2.05) is 0 Å². The van der Waals surface area contributed by atoms with Gasteiger partial charge in [0.1, 0.15) is 0 Å². The minimum absolute atomic E-state index is 0.355. The van der Waals surface area contributed by atoms with E-state index in [9.17, 15) is 14.4 Å². The highest BCUT2D eigenvalue weighted by Crippen LogP contribution is 1.89. The third kappa shape index (κ3) is 98.4. The second-order valence-electron chi connectivity index (χ2n) is 3.06. The van der Waals surface area contributed by atoms with Crippen LogP contribution in [0.4, 0.5) is 0 Å². The van der Waals surface area contributed by atoms with E-state index in [4.69, 9.17) is 20.4 Å². The number of hydrogen-bond acceptors (Lipinski definition) is 4. The molecule has 0 aliphatic carbocycles. The van der Waals surface area contributed by atoms with Crippen molar-refractivity contribution in [3.05, 3.63) is 38.0 Å². The Labute approximate surface area is 124 Å². The lowest BCUT2D eigenvalue weighted by atomic mass is 10.3. The molecule has 4 N–H and O–H groups in total. The fraction of sp³-hybridized carbons (Fsp3) is 0.357. The number of hydrogen-bond donors (Lipinski definition) is 4. The monoisotopic (exact) mass is 304 g/mol. The normalized spacial score (nSPS) is 7.14. The number of aliphatic carboxylic acids is 3. The Kier molecular flexibility index (Phi) is 33.7. The SMILES string of the molecule is C=CC(=O)O.C=CC(=O)O.C=CC(=O)O.CCCCCO. The van der Waals surface area contributed by atoms with Gasteiger partial charge < -0.3 is 20.4 Å². The van der Waals surface area contributed by atoms with Crippen LogP contribution in [0.3, 0.4) is 0 Å². The lowest BCUT2D eigenvalue weighted by Gasteiger charge is -1.85. The summed E-state index contributed by atoms with van der Waals surface area (Å²) in [6.45, 7) is 11.4. The van der Waals surface area contributed by atoms with Gasteiger partial charge in [-0.3, -0.25) is 0 Å². The first-order chi connectivity index (χ1) is 9.72. The van der Waals surface area contributed by atoms with Gasteiger partial charge in [0, 0.05) is 24.8 Å². The Hall–Kier alpha value is -2.41. The molecule has 0 saturated heterocycles. The fourth-order valence-corrected chi connectivity index (χ4v) is 0.362. The predicted molar refractivity (Wildman–Crippen MR) is 80.1 cm³/mol. The molecule has 0 amide bonds. The largest absolute Gasteiger partial charge is 0.478 e. The van der Waals surface area contributed by atoms with Crippen LogP contribution in [0.15, 0.2) is 38.0 Å². The molecule has 0 radical (unpaired) electrons. The van der Waals surface area contributed by atoms with Crippen molar-refractivity contribution < 1.29 is 34.8 Å². The lowest BCUT2D eigenvalue weighted by Crippen LogP contribution is -1.82. The van der Waals surface area contributed by atoms with Crippen LogP contribution in [-0.2, 0) is 14.4 Å². The third-order valence-electron chi connectivity index (χ3n) is 1.29. The summed E-state index contributed by atoms with van der Waals surface area (Å²) in [6.07, 6.45) is 5.83. The van der Waals surface area contributed by atoms with Gasteiger partial charge in [0.05, 0.1) is 0 Å². The summed E-state index contributed by atoms with van der Waals surface area (Å²) < 4.78 is 0. The number of aliphatic hydroxyl groups is 1. The van der Waals surface area contributed by atoms with E-state index >= 15 is 0 Å². The molecule has 0 atom stereocenters. The summed E-state index contributed by atoms with van der Waals surface area (Å²) in [5.74, 6) is -2.94. The van der Waals surface area contributed by atoms with Crippen molar-refractivity contribution in [1.29, 1.82) is 0 Å². The lowest BCUT2D eigenvalue weighted by molar-refractivity contribution is -0.132. The highest BCUT2D eigenvalue weighted by atomic mass is 16.4. The summed E-state index contributed by atoms with van der Waals surface area (Å²) in [4.78, 5) is 27.8. The quantitative estimate of drug-likeness (QED) is 0.435. The van der Waals surface area contributed by atoms with E-state index in [-0.39, 0.29) is 0 Å². The van der Waals surface area contributed by atoms with Crippen LogP contribution in [-0.4, -0.2) is 44.9 Å². The maximum absolute atomic E-state index is 9.25. The number of aliphatic hydroxyl groups excluding tert-OH is 1. The van der Waals surface area contributed by atoms with Crippen molar-refractivity contribution >= 4 is 17.9 Å². The number of unbranched alkanes of at least 4 members (excludes halogenated alkanes) is 2. The second-order valence-corrected chi connectivity index (χ2v) is 3.06. The van der Waals surface area contributed by atoms with Crippen LogP contribution < -0.4 is 0 Å². The smallest absolute Gasteiger partial charge is 0.327 e. The van der Waals surface area contributed by atoms with Crippen LogP contribution in [0.2, 0.25) is 0 Å². The molecule has 0 aliphatic heterocycles. The Morgan fingerprint density at radius 3 is 1.10 bits per heavy atom. The van der Waals surface area contributed by atoms with E-state index in [0.29, 0.717) is 6.61 Å². The zero-order valence-corrected chi connectivity index (χ0v) is 12.2. The average molecular weight is 304 g/mol. The van der Waals surface area contributed by atoms with E-state index in [1.54, 1.807) is 0 Å². The molecule has 0 spiro atoms. The summed E-state index contributed by atoms with van der Waals surface area (Å²) in [7, 11) is 0. The van der Waals surface area contributed by atoms with Crippen LogP contribution in [0.1, 0.15) is 26.2 Å². The molecule has 122 valence electrons. The van der Waals surface area contributed by atoms with Crippen molar-refractivity contribution in [2.24, 2.45) is 0 Å². The van der Waals surface area contributed by atoms with Crippen molar-refractivity contribution in [3.8, 4) is 0 Å². The van der Waals surface area contributed by atoms with E-state index in [0.717, 1.165) is 31.1 Å². The van der Waals surface area contributed by atoms with Crippen molar-refractivity contribution in [2.75, 3.05) is 6.61 Å². The number of carboxylic acid groups (broad SMARTS) is 3. The standard InChI is InChI=1S/C5H12O.3C3H4O2/c1-2-3-4-5-6;3*1-2-3(4)5/h6H,2-5H2,1H3;3*2H,1H2,(H,4,5). The molecule has 0 aromatic rings. The van der Waals surface area contributed by atoms with Gasteiger partial charge in [-0.2, -0.15) is 0 Å². The van der Waals surface area contributed by atoms with Crippen LogP contribution >= 0.6 is 0 Å². The molecule has 7 heteroatoms. The van der Waals surface area contributed by atoms with Gasteiger partial charge in [0.25, 0.3) is 0 Å². The summed E-state index contributed by atoms with van der Waals surface area (Å²) >= 11 is 0. The molecule has 0 saturated carbocycles. The first kappa shape index (κ1) is 27.0. The van der Waals surface area contributed by atoms with Crippen molar-refractivity contribution in [2.45, 2.75) is 26.2 Å². The summed E-state index contributed by atoms with van der Waals surface area (Å²) in [5, 5.41) is 31.0. The Bertz CT molecular complexity index is 262. The fourth-order valence-electron chi connectivity index (χ4n) is 0.362. The molecule has 0 unspecified atom stereocenters. The Morgan fingerprint density at radius 2 is 1.05 bits per heavy atom. The number of carbonyl (C=O) groups is 3. The molecule has 0 rings (SSSR count). The maximum atomic E-state index is 9.25. The molecule has 0 aromatic heterocycles. The minimum atomic E-state index is -0.981. The summed E-state index contributed by atoms with van der Waals surface area (Å²) in [6, 6.07) is 0. The minimum Gasteiger partial charge on any atom is -0.478 e. The van der Waals surface area contributed by atoms with E-state index in [2.05, 4.69) is 26.7 Å². The molecule has 0 heterocycles. The topological polar surface area (TPSA) is 132 Å².